The van der Waals surface area contributed by atoms with Gasteiger partial charge in [0.2, 0.25) is 5.91 Å². The van der Waals surface area contributed by atoms with Crippen molar-refractivity contribution in [1.82, 2.24) is 0 Å². The normalized spacial score (nSPS) is 30.4. The highest BCUT2D eigenvalue weighted by Crippen LogP contribution is 2.50. The third-order valence-electron chi connectivity index (χ3n) is 4.24. The number of allylic oxidation sites excluding steroid dienone is 3. The molecule has 3 rings (SSSR count). The molecule has 0 aliphatic heterocycles. The van der Waals surface area contributed by atoms with E-state index in [9.17, 15) is 9.90 Å². The van der Waals surface area contributed by atoms with Gasteiger partial charge in [0.1, 0.15) is 0 Å². The number of aliphatic hydroxyl groups is 1. The summed E-state index contributed by atoms with van der Waals surface area (Å²) in [6.45, 7) is 3.63. The van der Waals surface area contributed by atoms with Crippen LogP contribution in [0.3, 0.4) is 0 Å². The largest absolute Gasteiger partial charge is 0.513 e. The topological polar surface area (TPSA) is 49.3 Å². The van der Waals surface area contributed by atoms with Gasteiger partial charge in [0.25, 0.3) is 0 Å². The predicted molar refractivity (Wildman–Crippen MR) is 79.6 cm³/mol. The van der Waals surface area contributed by atoms with E-state index in [4.69, 9.17) is 11.6 Å². The Morgan fingerprint density at radius 2 is 2.00 bits per heavy atom. The lowest BCUT2D eigenvalue weighted by atomic mass is 9.81. The lowest BCUT2D eigenvalue weighted by molar-refractivity contribution is -0.121. The first kappa shape index (κ1) is 13.3. The minimum atomic E-state index is -0.249. The molecule has 1 fully saturated rings. The maximum absolute atomic E-state index is 12.5. The van der Waals surface area contributed by atoms with Crippen LogP contribution in [0.2, 0.25) is 5.02 Å². The van der Waals surface area contributed by atoms with E-state index in [-0.39, 0.29) is 35.3 Å². The molecule has 0 saturated heterocycles. The van der Waals surface area contributed by atoms with Gasteiger partial charge in [-0.15, -0.1) is 0 Å². The summed E-state index contributed by atoms with van der Waals surface area (Å²) in [7, 11) is 0. The Bertz CT molecular complexity index is 596. The van der Waals surface area contributed by atoms with E-state index in [0.717, 1.165) is 6.42 Å². The molecule has 2 N–H and O–H groups in total. The zero-order valence-electron chi connectivity index (χ0n) is 10.9. The minimum Gasteiger partial charge on any atom is -0.513 e. The van der Waals surface area contributed by atoms with Crippen LogP contribution in [-0.2, 0) is 4.79 Å². The number of carbonyl (C=O) groups excluding carboxylic acids is 1. The SMILES string of the molecule is C=C(O)C1C2C=CC(C2)C1C(=O)Nc1cccc(Cl)c1. The van der Waals surface area contributed by atoms with Crippen LogP contribution in [-0.4, -0.2) is 11.0 Å². The Morgan fingerprint density at radius 3 is 2.65 bits per heavy atom. The Balaban J connectivity index is 1.80. The molecule has 104 valence electrons. The van der Waals surface area contributed by atoms with Gasteiger partial charge in [-0.05, 0) is 36.5 Å². The van der Waals surface area contributed by atoms with Crippen molar-refractivity contribution in [2.24, 2.45) is 23.7 Å². The summed E-state index contributed by atoms with van der Waals surface area (Å²) in [5.41, 5.74) is 0.677. The second kappa shape index (κ2) is 4.98. The van der Waals surface area contributed by atoms with E-state index >= 15 is 0 Å². The van der Waals surface area contributed by atoms with Crippen LogP contribution < -0.4 is 5.32 Å². The molecule has 0 aromatic heterocycles. The predicted octanol–water partition coefficient (Wildman–Crippen LogP) is 3.79. The van der Waals surface area contributed by atoms with Gasteiger partial charge in [0, 0.05) is 16.6 Å². The van der Waals surface area contributed by atoms with E-state index in [1.165, 1.54) is 0 Å². The smallest absolute Gasteiger partial charge is 0.228 e. The number of benzene rings is 1. The van der Waals surface area contributed by atoms with Gasteiger partial charge in [-0.2, -0.15) is 0 Å². The van der Waals surface area contributed by atoms with Crippen molar-refractivity contribution >= 4 is 23.2 Å². The average Bonchev–Trinajstić information content (AvgIpc) is 2.98. The summed E-state index contributed by atoms with van der Waals surface area (Å²) in [5.74, 6) is 0.0174. The first-order chi connectivity index (χ1) is 9.56. The van der Waals surface area contributed by atoms with Gasteiger partial charge in [-0.3, -0.25) is 4.79 Å². The number of halogens is 1. The molecular weight excluding hydrogens is 274 g/mol. The van der Waals surface area contributed by atoms with Crippen molar-refractivity contribution in [3.8, 4) is 0 Å². The van der Waals surface area contributed by atoms with E-state index < -0.39 is 0 Å². The number of anilines is 1. The molecule has 4 unspecified atom stereocenters. The average molecular weight is 290 g/mol. The van der Waals surface area contributed by atoms with Crippen molar-refractivity contribution in [3.63, 3.8) is 0 Å². The fourth-order valence-electron chi connectivity index (χ4n) is 3.43. The highest BCUT2D eigenvalue weighted by atomic mass is 35.5. The van der Waals surface area contributed by atoms with Crippen LogP contribution in [0.4, 0.5) is 5.69 Å². The fraction of sp³-hybridized carbons (Fsp3) is 0.312. The standard InChI is InChI=1S/C16H16ClNO2/c1-9(19)14-10-5-6-11(7-10)15(14)16(20)18-13-4-2-3-12(17)8-13/h2-6,8,10-11,14-15,19H,1,7H2,(H,18,20). The van der Waals surface area contributed by atoms with Crippen LogP contribution in [0.25, 0.3) is 0 Å². The van der Waals surface area contributed by atoms with E-state index in [2.05, 4.69) is 24.0 Å². The van der Waals surface area contributed by atoms with Gasteiger partial charge in [0.15, 0.2) is 0 Å². The van der Waals surface area contributed by atoms with Crippen LogP contribution in [0, 0.1) is 23.7 Å². The number of fused-ring (bicyclic) bond motifs is 2. The first-order valence-electron chi connectivity index (χ1n) is 6.69. The lowest BCUT2D eigenvalue weighted by Crippen LogP contribution is -2.33. The molecule has 1 amide bonds. The minimum absolute atomic E-state index is 0.0793. The maximum atomic E-state index is 12.5. The summed E-state index contributed by atoms with van der Waals surface area (Å²) >= 11 is 5.91. The number of hydrogen-bond donors (Lipinski definition) is 2. The summed E-state index contributed by atoms with van der Waals surface area (Å²) < 4.78 is 0. The van der Waals surface area contributed by atoms with E-state index in [1.54, 1.807) is 24.3 Å². The number of rotatable bonds is 3. The molecular formula is C16H16ClNO2. The molecule has 1 aromatic carbocycles. The van der Waals surface area contributed by atoms with Gasteiger partial charge < -0.3 is 10.4 Å². The number of carbonyl (C=O) groups is 1. The molecule has 0 radical (unpaired) electrons. The Labute approximate surface area is 122 Å². The summed E-state index contributed by atoms with van der Waals surface area (Å²) in [4.78, 5) is 12.5. The molecule has 4 atom stereocenters. The number of aliphatic hydroxyl groups excluding tert-OH is 1. The zero-order valence-corrected chi connectivity index (χ0v) is 11.7. The molecule has 4 heteroatoms. The second-order valence-corrected chi connectivity index (χ2v) is 5.93. The first-order valence-corrected chi connectivity index (χ1v) is 7.06. The Hall–Kier alpha value is -1.74. The van der Waals surface area contributed by atoms with Crippen molar-refractivity contribution in [2.45, 2.75) is 6.42 Å². The van der Waals surface area contributed by atoms with Crippen LogP contribution >= 0.6 is 11.6 Å². The molecule has 2 aliphatic carbocycles. The number of amides is 1. The Kier molecular flexibility index (Phi) is 3.30. The quantitative estimate of drug-likeness (QED) is 0.657. The molecule has 1 saturated carbocycles. The highest BCUT2D eigenvalue weighted by molar-refractivity contribution is 6.30. The third-order valence-corrected chi connectivity index (χ3v) is 4.47. The molecule has 0 spiro atoms. The zero-order chi connectivity index (χ0) is 14.3. The molecule has 0 heterocycles. The fourth-order valence-corrected chi connectivity index (χ4v) is 3.62. The summed E-state index contributed by atoms with van der Waals surface area (Å²) in [6.07, 6.45) is 5.07. The van der Waals surface area contributed by atoms with E-state index in [1.807, 2.05) is 0 Å². The molecule has 20 heavy (non-hydrogen) atoms. The molecule has 3 nitrogen and oxygen atoms in total. The molecule has 2 aliphatic rings. The highest BCUT2D eigenvalue weighted by Gasteiger charge is 2.49. The van der Waals surface area contributed by atoms with Crippen LogP contribution in [0.15, 0.2) is 48.8 Å². The molecule has 2 bridgehead atoms. The van der Waals surface area contributed by atoms with Crippen molar-refractivity contribution in [1.29, 1.82) is 0 Å². The van der Waals surface area contributed by atoms with Crippen molar-refractivity contribution in [2.75, 3.05) is 5.32 Å². The van der Waals surface area contributed by atoms with Crippen LogP contribution in [0.1, 0.15) is 6.42 Å². The number of hydrogen-bond acceptors (Lipinski definition) is 2. The van der Waals surface area contributed by atoms with Gasteiger partial charge >= 0.3 is 0 Å². The summed E-state index contributed by atoms with van der Waals surface area (Å²) in [6, 6.07) is 7.07. The number of nitrogens with one attached hydrogen (secondary N) is 1. The van der Waals surface area contributed by atoms with Gasteiger partial charge in [0.05, 0.1) is 11.7 Å². The maximum Gasteiger partial charge on any atom is 0.228 e. The molecule has 1 aromatic rings. The lowest BCUT2D eigenvalue weighted by Gasteiger charge is -2.26. The van der Waals surface area contributed by atoms with E-state index in [0.29, 0.717) is 10.7 Å². The van der Waals surface area contributed by atoms with Gasteiger partial charge in [-0.1, -0.05) is 36.4 Å². The van der Waals surface area contributed by atoms with Crippen molar-refractivity contribution in [3.05, 3.63) is 53.8 Å². The second-order valence-electron chi connectivity index (χ2n) is 5.49. The summed E-state index contributed by atoms with van der Waals surface area (Å²) in [5, 5.41) is 13.2. The van der Waals surface area contributed by atoms with Gasteiger partial charge in [-0.25, -0.2) is 0 Å². The van der Waals surface area contributed by atoms with Crippen molar-refractivity contribution < 1.29 is 9.90 Å². The third kappa shape index (κ3) is 2.22. The monoisotopic (exact) mass is 289 g/mol. The van der Waals surface area contributed by atoms with Crippen LogP contribution in [0.5, 0.6) is 0 Å². The Morgan fingerprint density at radius 1 is 1.30 bits per heavy atom.